The first kappa shape index (κ1) is 12.3. The van der Waals surface area contributed by atoms with Crippen molar-refractivity contribution in [1.82, 2.24) is 20.2 Å². The number of thioether (sulfide) groups is 2. The minimum absolute atomic E-state index is 0.0110. The van der Waals surface area contributed by atoms with Crippen LogP contribution in [0.3, 0.4) is 0 Å². The van der Waals surface area contributed by atoms with Gasteiger partial charge in [-0.05, 0) is 28.9 Å². The summed E-state index contributed by atoms with van der Waals surface area (Å²) in [6.45, 7) is 0.732. The van der Waals surface area contributed by atoms with E-state index in [-0.39, 0.29) is 5.75 Å². The first-order chi connectivity index (χ1) is 7.24. The molecular formula is C7H12N4O2S2. The smallest absolute Gasteiger partial charge is 0.313 e. The minimum atomic E-state index is -0.862. The Labute approximate surface area is 95.8 Å². The molecule has 0 saturated carbocycles. The van der Waals surface area contributed by atoms with Gasteiger partial charge in [-0.3, -0.25) is 4.79 Å². The largest absolute Gasteiger partial charge is 0.481 e. The third kappa shape index (κ3) is 4.52. The first-order valence-electron chi connectivity index (χ1n) is 4.33. The Balaban J connectivity index is 2.42. The lowest BCUT2D eigenvalue weighted by atomic mass is 10.5. The van der Waals surface area contributed by atoms with Crippen molar-refractivity contribution in [2.75, 3.05) is 17.8 Å². The van der Waals surface area contributed by atoms with Gasteiger partial charge < -0.3 is 5.11 Å². The maximum absolute atomic E-state index is 10.4. The van der Waals surface area contributed by atoms with Crippen LogP contribution in [0.15, 0.2) is 5.16 Å². The number of aliphatic carboxylic acids is 1. The van der Waals surface area contributed by atoms with Crippen LogP contribution in [-0.2, 0) is 11.3 Å². The molecule has 8 heteroatoms. The number of tetrazole rings is 1. The van der Waals surface area contributed by atoms with Gasteiger partial charge in [0, 0.05) is 6.54 Å². The average molecular weight is 248 g/mol. The molecule has 6 nitrogen and oxygen atoms in total. The Morgan fingerprint density at radius 1 is 1.60 bits per heavy atom. The number of hydrogen-bond donors (Lipinski definition) is 1. The highest BCUT2D eigenvalue weighted by molar-refractivity contribution is 7.99. The number of hydrogen-bond acceptors (Lipinski definition) is 6. The molecule has 0 aliphatic carbocycles. The Morgan fingerprint density at radius 3 is 3.07 bits per heavy atom. The summed E-state index contributed by atoms with van der Waals surface area (Å²) in [6.07, 6.45) is 3.02. The van der Waals surface area contributed by atoms with Crippen LogP contribution in [0, 0.1) is 0 Å². The lowest BCUT2D eigenvalue weighted by Crippen LogP contribution is -2.05. The third-order valence-corrected chi connectivity index (χ3v) is 3.18. The van der Waals surface area contributed by atoms with Crippen molar-refractivity contribution in [3.05, 3.63) is 0 Å². The predicted molar refractivity (Wildman–Crippen MR) is 59.2 cm³/mol. The van der Waals surface area contributed by atoms with E-state index in [4.69, 9.17) is 5.11 Å². The summed E-state index contributed by atoms with van der Waals surface area (Å²) in [6, 6.07) is 0. The van der Waals surface area contributed by atoms with Crippen molar-refractivity contribution < 1.29 is 9.90 Å². The molecule has 0 radical (unpaired) electrons. The standard InChI is InChI=1S/C7H12N4O2S2/c1-14-4-2-3-11-7(8-9-10-11)15-5-6(12)13/h2-5H2,1H3,(H,12,13). The van der Waals surface area contributed by atoms with E-state index >= 15 is 0 Å². The number of carbonyl (C=O) groups is 1. The fourth-order valence-corrected chi connectivity index (χ4v) is 1.97. The number of rotatable bonds is 7. The number of carboxylic acid groups (broad SMARTS) is 1. The van der Waals surface area contributed by atoms with E-state index in [1.165, 1.54) is 0 Å². The Kier molecular flexibility index (Phi) is 5.48. The number of carboxylic acids is 1. The van der Waals surface area contributed by atoms with Crippen LogP contribution in [0.4, 0.5) is 0 Å². The zero-order valence-electron chi connectivity index (χ0n) is 8.29. The maximum Gasteiger partial charge on any atom is 0.313 e. The van der Waals surface area contributed by atoms with Gasteiger partial charge in [0.1, 0.15) is 0 Å². The topological polar surface area (TPSA) is 80.9 Å². The molecule has 84 valence electrons. The molecule has 0 spiro atoms. The summed E-state index contributed by atoms with van der Waals surface area (Å²) < 4.78 is 1.64. The average Bonchev–Trinajstić information content (AvgIpc) is 2.63. The second-order valence-electron chi connectivity index (χ2n) is 2.71. The zero-order valence-corrected chi connectivity index (χ0v) is 9.92. The molecule has 0 amide bonds. The predicted octanol–water partition coefficient (Wildman–Crippen LogP) is 0.603. The third-order valence-electron chi connectivity index (χ3n) is 1.54. The molecule has 1 rings (SSSR count). The van der Waals surface area contributed by atoms with Gasteiger partial charge in [-0.15, -0.1) is 5.10 Å². The van der Waals surface area contributed by atoms with E-state index in [9.17, 15) is 4.79 Å². The second kappa shape index (κ2) is 6.67. The Morgan fingerprint density at radius 2 is 2.40 bits per heavy atom. The molecule has 0 fully saturated rings. The molecular weight excluding hydrogens is 236 g/mol. The second-order valence-corrected chi connectivity index (χ2v) is 4.64. The molecule has 15 heavy (non-hydrogen) atoms. The minimum Gasteiger partial charge on any atom is -0.481 e. The lowest BCUT2D eigenvalue weighted by molar-refractivity contribution is -0.133. The van der Waals surface area contributed by atoms with Gasteiger partial charge in [0.15, 0.2) is 0 Å². The van der Waals surface area contributed by atoms with Crippen LogP contribution < -0.4 is 0 Å². The normalized spacial score (nSPS) is 10.5. The highest BCUT2D eigenvalue weighted by atomic mass is 32.2. The van der Waals surface area contributed by atoms with E-state index in [2.05, 4.69) is 15.5 Å². The number of nitrogens with zero attached hydrogens (tertiary/aromatic N) is 4. The van der Waals surface area contributed by atoms with Gasteiger partial charge in [0.2, 0.25) is 5.16 Å². The zero-order chi connectivity index (χ0) is 11.1. The van der Waals surface area contributed by atoms with Gasteiger partial charge in [-0.25, -0.2) is 4.68 Å². The van der Waals surface area contributed by atoms with Crippen molar-refractivity contribution in [3.63, 3.8) is 0 Å². The highest BCUT2D eigenvalue weighted by Crippen LogP contribution is 2.13. The lowest BCUT2D eigenvalue weighted by Gasteiger charge is -2.01. The molecule has 0 saturated heterocycles. The molecule has 0 unspecified atom stereocenters. The fourth-order valence-electron chi connectivity index (χ4n) is 0.925. The summed E-state index contributed by atoms with van der Waals surface area (Å²) in [7, 11) is 0. The molecule has 0 atom stereocenters. The fraction of sp³-hybridized carbons (Fsp3) is 0.714. The molecule has 0 aliphatic heterocycles. The quantitative estimate of drug-likeness (QED) is 0.559. The molecule has 0 bridgehead atoms. The first-order valence-corrected chi connectivity index (χ1v) is 6.71. The van der Waals surface area contributed by atoms with E-state index in [1.807, 2.05) is 6.26 Å². The maximum atomic E-state index is 10.4. The summed E-state index contributed by atoms with van der Waals surface area (Å²) in [4.78, 5) is 10.4. The van der Waals surface area contributed by atoms with E-state index < -0.39 is 5.97 Å². The van der Waals surface area contributed by atoms with Crippen molar-refractivity contribution in [3.8, 4) is 0 Å². The molecule has 0 aliphatic rings. The molecule has 1 aromatic heterocycles. The monoisotopic (exact) mass is 248 g/mol. The van der Waals surface area contributed by atoms with Crippen molar-refractivity contribution in [2.24, 2.45) is 0 Å². The van der Waals surface area contributed by atoms with Crippen LogP contribution >= 0.6 is 23.5 Å². The van der Waals surface area contributed by atoms with Gasteiger partial charge in [0.05, 0.1) is 5.75 Å². The van der Waals surface area contributed by atoms with Gasteiger partial charge in [0.25, 0.3) is 0 Å². The van der Waals surface area contributed by atoms with Crippen molar-refractivity contribution in [2.45, 2.75) is 18.1 Å². The summed E-state index contributed by atoms with van der Waals surface area (Å²) in [5, 5.41) is 20.2. The summed E-state index contributed by atoms with van der Waals surface area (Å²) in [5.41, 5.74) is 0. The van der Waals surface area contributed by atoms with Crippen LogP contribution in [0.25, 0.3) is 0 Å². The molecule has 1 heterocycles. The molecule has 0 aromatic carbocycles. The van der Waals surface area contributed by atoms with Crippen molar-refractivity contribution >= 4 is 29.5 Å². The Hall–Kier alpha value is -0.760. The Bertz CT molecular complexity index is 318. The van der Waals surface area contributed by atoms with E-state index in [0.717, 1.165) is 30.5 Å². The number of aryl methyl sites for hydroxylation is 1. The summed E-state index contributed by atoms with van der Waals surface area (Å²) >= 11 is 2.91. The number of aromatic nitrogens is 4. The van der Waals surface area contributed by atoms with Gasteiger partial charge in [-0.1, -0.05) is 11.8 Å². The SMILES string of the molecule is CSCCCn1nnnc1SCC(=O)O. The van der Waals surface area contributed by atoms with Crippen molar-refractivity contribution in [1.29, 1.82) is 0 Å². The highest BCUT2D eigenvalue weighted by Gasteiger charge is 2.08. The molecule has 1 aromatic rings. The van der Waals surface area contributed by atoms with Crippen LogP contribution in [0.5, 0.6) is 0 Å². The van der Waals surface area contributed by atoms with Crippen LogP contribution in [-0.4, -0.2) is 49.0 Å². The van der Waals surface area contributed by atoms with Crippen LogP contribution in [0.1, 0.15) is 6.42 Å². The van der Waals surface area contributed by atoms with Gasteiger partial charge in [-0.2, -0.15) is 11.8 Å². The molecule has 1 N–H and O–H groups in total. The van der Waals surface area contributed by atoms with Gasteiger partial charge >= 0.3 is 5.97 Å². The van der Waals surface area contributed by atoms with E-state index in [0.29, 0.717) is 5.16 Å². The van der Waals surface area contributed by atoms with Crippen LogP contribution in [0.2, 0.25) is 0 Å². The van der Waals surface area contributed by atoms with E-state index in [1.54, 1.807) is 16.4 Å². The summed E-state index contributed by atoms with van der Waals surface area (Å²) in [5.74, 6) is 0.171.